The van der Waals surface area contributed by atoms with Crippen LogP contribution in [0.15, 0.2) is 23.8 Å². The second-order valence-electron chi connectivity index (χ2n) is 5.75. The number of ether oxygens (including phenoxy) is 1. The van der Waals surface area contributed by atoms with Gasteiger partial charge in [-0.2, -0.15) is 0 Å². The maximum Gasteiger partial charge on any atom is 0.334 e. The van der Waals surface area contributed by atoms with Gasteiger partial charge in [-0.15, -0.1) is 0 Å². The molecule has 19 heavy (non-hydrogen) atoms. The summed E-state index contributed by atoms with van der Waals surface area (Å²) in [4.78, 5) is 11.5. The molecule has 2 rings (SSSR count). The van der Waals surface area contributed by atoms with E-state index < -0.39 is 12.2 Å². The molecule has 1 heterocycles. The predicted molar refractivity (Wildman–Crippen MR) is 71.3 cm³/mol. The Kier molecular flexibility index (Phi) is 4.11. The minimum Gasteiger partial charge on any atom is -0.454 e. The van der Waals surface area contributed by atoms with Crippen molar-refractivity contribution in [1.29, 1.82) is 0 Å². The minimum absolute atomic E-state index is 0.0335. The Hall–Kier alpha value is -1.13. The van der Waals surface area contributed by atoms with Crippen molar-refractivity contribution in [3.8, 4) is 0 Å². The second-order valence-corrected chi connectivity index (χ2v) is 5.75. The van der Waals surface area contributed by atoms with Crippen LogP contribution < -0.4 is 0 Å². The van der Waals surface area contributed by atoms with Crippen molar-refractivity contribution in [3.05, 3.63) is 23.8 Å². The molecule has 0 amide bonds. The Balaban J connectivity index is 2.22. The van der Waals surface area contributed by atoms with Gasteiger partial charge in [0.05, 0.1) is 12.2 Å². The summed E-state index contributed by atoms with van der Waals surface area (Å²) in [5, 5.41) is 19.6. The molecule has 1 aliphatic carbocycles. The zero-order chi connectivity index (χ0) is 14.2. The highest BCUT2D eigenvalue weighted by Gasteiger charge is 2.40. The van der Waals surface area contributed by atoms with Crippen LogP contribution in [-0.2, 0) is 9.53 Å². The Morgan fingerprint density at radius 1 is 1.47 bits per heavy atom. The number of esters is 1. The van der Waals surface area contributed by atoms with Crippen LogP contribution in [-0.4, -0.2) is 34.5 Å². The fourth-order valence-electron chi connectivity index (χ4n) is 2.97. The summed E-state index contributed by atoms with van der Waals surface area (Å²) in [6, 6.07) is 0. The van der Waals surface area contributed by atoms with Gasteiger partial charge < -0.3 is 14.9 Å². The first kappa shape index (κ1) is 14.3. The largest absolute Gasteiger partial charge is 0.454 e. The Labute approximate surface area is 113 Å². The molecule has 5 atom stereocenters. The summed E-state index contributed by atoms with van der Waals surface area (Å²) >= 11 is 0. The number of hydrogen-bond donors (Lipinski definition) is 2. The fourth-order valence-corrected chi connectivity index (χ4v) is 2.97. The summed E-state index contributed by atoms with van der Waals surface area (Å²) in [5.74, 6) is -0.0674. The zero-order valence-electron chi connectivity index (χ0n) is 11.5. The van der Waals surface area contributed by atoms with Gasteiger partial charge in [-0.1, -0.05) is 13.5 Å². The molecule has 0 saturated carbocycles. The van der Waals surface area contributed by atoms with Gasteiger partial charge in [0.15, 0.2) is 0 Å². The van der Waals surface area contributed by atoms with Gasteiger partial charge in [-0.05, 0) is 37.3 Å². The van der Waals surface area contributed by atoms with Crippen LogP contribution >= 0.6 is 0 Å². The van der Waals surface area contributed by atoms with Crippen molar-refractivity contribution in [2.75, 3.05) is 0 Å². The van der Waals surface area contributed by atoms with E-state index in [1.165, 1.54) is 0 Å². The third kappa shape index (κ3) is 2.90. The molecule has 106 valence electrons. The molecule has 0 bridgehead atoms. The number of aliphatic hydroxyl groups excluding tert-OH is 2. The third-order valence-corrected chi connectivity index (χ3v) is 4.14. The van der Waals surface area contributed by atoms with Crippen LogP contribution in [0.4, 0.5) is 0 Å². The summed E-state index contributed by atoms with van der Waals surface area (Å²) in [5.41, 5.74) is 1.41. The number of carbonyl (C=O) groups is 1. The molecule has 0 spiro atoms. The van der Waals surface area contributed by atoms with Gasteiger partial charge in [0, 0.05) is 17.9 Å². The smallest absolute Gasteiger partial charge is 0.334 e. The number of hydrogen-bond acceptors (Lipinski definition) is 4. The molecular weight excluding hydrogens is 244 g/mol. The molecule has 0 radical (unpaired) electrons. The molecule has 0 aromatic heterocycles. The van der Waals surface area contributed by atoms with E-state index >= 15 is 0 Å². The minimum atomic E-state index is -0.679. The van der Waals surface area contributed by atoms with Crippen molar-refractivity contribution in [1.82, 2.24) is 0 Å². The molecule has 0 aromatic rings. The van der Waals surface area contributed by atoms with Crippen molar-refractivity contribution < 1.29 is 19.7 Å². The van der Waals surface area contributed by atoms with Gasteiger partial charge in [-0.3, -0.25) is 0 Å². The van der Waals surface area contributed by atoms with E-state index in [1.54, 1.807) is 6.92 Å². The second kappa shape index (κ2) is 5.47. The molecular formula is C15H22O4. The quantitative estimate of drug-likeness (QED) is 0.462. The number of aliphatic hydroxyl groups is 2. The Morgan fingerprint density at radius 2 is 2.16 bits per heavy atom. The lowest BCUT2D eigenvalue weighted by molar-refractivity contribution is -0.137. The van der Waals surface area contributed by atoms with E-state index in [4.69, 9.17) is 4.74 Å². The summed E-state index contributed by atoms with van der Waals surface area (Å²) in [7, 11) is 0. The van der Waals surface area contributed by atoms with E-state index in [1.807, 2.05) is 6.08 Å². The summed E-state index contributed by atoms with van der Waals surface area (Å²) < 4.78 is 5.30. The van der Waals surface area contributed by atoms with E-state index in [0.29, 0.717) is 12.0 Å². The molecule has 5 unspecified atom stereocenters. The molecule has 4 heteroatoms. The van der Waals surface area contributed by atoms with Crippen molar-refractivity contribution >= 4 is 5.97 Å². The van der Waals surface area contributed by atoms with Gasteiger partial charge in [0.25, 0.3) is 0 Å². The molecule has 0 aromatic carbocycles. The molecule has 2 N–H and O–H groups in total. The monoisotopic (exact) mass is 266 g/mol. The standard InChI is InChI=1S/C15H22O4/c1-8-4-5-11-10(3)15(18)19-14(11)7-12(8)13(17)6-9(2)16/h7-9,11,13-14,16-17H,3-6H2,1-2H3. The van der Waals surface area contributed by atoms with Crippen LogP contribution in [0.25, 0.3) is 0 Å². The highest BCUT2D eigenvalue weighted by atomic mass is 16.5. The lowest BCUT2D eigenvalue weighted by Crippen LogP contribution is -2.22. The van der Waals surface area contributed by atoms with Gasteiger partial charge in [0.1, 0.15) is 6.10 Å². The van der Waals surface area contributed by atoms with Crippen LogP contribution in [0.1, 0.15) is 33.1 Å². The van der Waals surface area contributed by atoms with Gasteiger partial charge >= 0.3 is 5.97 Å². The average molecular weight is 266 g/mol. The highest BCUT2D eigenvalue weighted by molar-refractivity contribution is 5.91. The molecule has 2 aliphatic rings. The van der Waals surface area contributed by atoms with E-state index in [9.17, 15) is 15.0 Å². The average Bonchev–Trinajstić information content (AvgIpc) is 2.48. The van der Waals surface area contributed by atoms with Gasteiger partial charge in [0.2, 0.25) is 0 Å². The topological polar surface area (TPSA) is 66.8 Å². The van der Waals surface area contributed by atoms with E-state index in [2.05, 4.69) is 13.5 Å². The van der Waals surface area contributed by atoms with Crippen molar-refractivity contribution in [3.63, 3.8) is 0 Å². The SMILES string of the molecule is C=C1C(=O)OC2C=C(C(O)CC(C)O)C(C)CCC12. The number of carbonyl (C=O) groups excluding carboxylic acids is 1. The molecule has 4 nitrogen and oxygen atoms in total. The molecule has 1 saturated heterocycles. The fraction of sp³-hybridized carbons (Fsp3) is 0.667. The van der Waals surface area contributed by atoms with Crippen LogP contribution in [0, 0.1) is 11.8 Å². The first-order valence-electron chi connectivity index (χ1n) is 6.87. The van der Waals surface area contributed by atoms with E-state index in [0.717, 1.165) is 18.4 Å². The van der Waals surface area contributed by atoms with E-state index in [-0.39, 0.29) is 23.9 Å². The number of rotatable bonds is 3. The Morgan fingerprint density at radius 3 is 2.79 bits per heavy atom. The molecule has 1 fully saturated rings. The highest BCUT2D eigenvalue weighted by Crippen LogP contribution is 2.38. The maximum absolute atomic E-state index is 11.5. The maximum atomic E-state index is 11.5. The summed E-state index contributed by atoms with van der Waals surface area (Å²) in [6.45, 7) is 7.51. The van der Waals surface area contributed by atoms with Crippen LogP contribution in [0.5, 0.6) is 0 Å². The summed E-state index contributed by atoms with van der Waals surface area (Å²) in [6.07, 6.45) is 2.37. The van der Waals surface area contributed by atoms with Crippen LogP contribution in [0.3, 0.4) is 0 Å². The third-order valence-electron chi connectivity index (χ3n) is 4.14. The first-order valence-corrected chi connectivity index (χ1v) is 6.87. The van der Waals surface area contributed by atoms with Crippen molar-refractivity contribution in [2.24, 2.45) is 11.8 Å². The normalized spacial score (nSPS) is 34.1. The number of fused-ring (bicyclic) bond motifs is 1. The Bertz CT molecular complexity index is 410. The van der Waals surface area contributed by atoms with Crippen LogP contribution in [0.2, 0.25) is 0 Å². The zero-order valence-corrected chi connectivity index (χ0v) is 11.5. The predicted octanol–water partition coefficient (Wildman–Crippen LogP) is 1.57. The molecule has 1 aliphatic heterocycles. The van der Waals surface area contributed by atoms with Gasteiger partial charge in [-0.25, -0.2) is 4.79 Å². The lowest BCUT2D eigenvalue weighted by Gasteiger charge is -2.21. The van der Waals surface area contributed by atoms with Crippen molar-refractivity contribution in [2.45, 2.75) is 51.4 Å². The lowest BCUT2D eigenvalue weighted by atomic mass is 9.90. The first-order chi connectivity index (χ1) is 8.90.